The third kappa shape index (κ3) is 3.25. The average molecular weight is 349 g/mol. The minimum atomic E-state index is -0.591. The summed E-state index contributed by atoms with van der Waals surface area (Å²) in [5, 5.41) is 6.12. The highest BCUT2D eigenvalue weighted by atomic mass is 32.1. The summed E-state index contributed by atoms with van der Waals surface area (Å²) in [4.78, 5) is 24.0. The van der Waals surface area contributed by atoms with Crippen molar-refractivity contribution >= 4 is 34.1 Å². The van der Waals surface area contributed by atoms with Gasteiger partial charge in [0.05, 0.1) is 5.69 Å². The lowest BCUT2D eigenvalue weighted by atomic mass is 10.2. The quantitative estimate of drug-likeness (QED) is 0.797. The van der Waals surface area contributed by atoms with Gasteiger partial charge >= 0.3 is 5.97 Å². The lowest BCUT2D eigenvalue weighted by Crippen LogP contribution is -2.21. The van der Waals surface area contributed by atoms with Gasteiger partial charge in [-0.1, -0.05) is 0 Å². The van der Waals surface area contributed by atoms with Gasteiger partial charge in [0.2, 0.25) is 6.79 Å². The van der Waals surface area contributed by atoms with Crippen molar-refractivity contribution < 1.29 is 23.8 Å². The molecule has 1 aromatic heterocycles. The molecule has 1 aliphatic heterocycles. The van der Waals surface area contributed by atoms with Crippen molar-refractivity contribution in [3.8, 4) is 11.5 Å². The summed E-state index contributed by atoms with van der Waals surface area (Å²) in [5.74, 6) is 0.142. The van der Waals surface area contributed by atoms with Gasteiger partial charge in [-0.25, -0.2) is 4.79 Å². The van der Waals surface area contributed by atoms with Crippen LogP contribution in [0.1, 0.15) is 16.1 Å². The van der Waals surface area contributed by atoms with E-state index in [9.17, 15) is 9.59 Å². The number of hydrogen-bond acceptors (Lipinski definition) is 8. The maximum Gasteiger partial charge on any atom is 0.343 e. The molecule has 1 aromatic carbocycles. The molecule has 0 atom stereocenters. The zero-order valence-electron chi connectivity index (χ0n) is 13.0. The van der Waals surface area contributed by atoms with Crippen molar-refractivity contribution in [2.45, 2.75) is 6.92 Å². The third-order valence-electron chi connectivity index (χ3n) is 3.28. The Morgan fingerprint density at radius 1 is 1.33 bits per heavy atom. The molecule has 0 unspecified atom stereocenters. The van der Waals surface area contributed by atoms with Crippen LogP contribution in [0.4, 0.5) is 10.7 Å². The first-order chi connectivity index (χ1) is 11.6. The number of anilines is 2. The zero-order chi connectivity index (χ0) is 17.1. The van der Waals surface area contributed by atoms with Crippen LogP contribution in [-0.2, 0) is 9.53 Å². The van der Waals surface area contributed by atoms with Gasteiger partial charge in [-0.15, -0.1) is 0 Å². The van der Waals surface area contributed by atoms with Gasteiger partial charge in [-0.05, 0) is 30.6 Å². The second-order valence-electron chi connectivity index (χ2n) is 4.91. The van der Waals surface area contributed by atoms with Gasteiger partial charge < -0.3 is 24.8 Å². The number of hydrogen-bond donors (Lipinski definition) is 2. The van der Waals surface area contributed by atoms with Gasteiger partial charge in [0, 0.05) is 18.8 Å². The Hall–Kier alpha value is -2.81. The molecule has 2 N–H and O–H groups in total. The van der Waals surface area contributed by atoms with Crippen LogP contribution in [0.3, 0.4) is 0 Å². The first-order valence-electron chi connectivity index (χ1n) is 7.09. The minimum Gasteiger partial charge on any atom is -0.454 e. The van der Waals surface area contributed by atoms with Crippen LogP contribution in [0.15, 0.2) is 18.2 Å². The summed E-state index contributed by atoms with van der Waals surface area (Å²) in [6, 6.07) is 5.02. The normalized spacial score (nSPS) is 11.9. The lowest BCUT2D eigenvalue weighted by molar-refractivity contribution is -0.119. The molecule has 8 nitrogen and oxygen atoms in total. The Morgan fingerprint density at radius 3 is 2.92 bits per heavy atom. The second-order valence-corrected chi connectivity index (χ2v) is 5.69. The number of esters is 1. The standard InChI is InChI=1S/C15H15N3O5S/c1-8-13(14(16-2)24-18-8)15(20)21-6-12(19)17-9-3-4-10-11(5-9)23-7-22-10/h3-5,16H,6-7H2,1-2H3,(H,17,19). The predicted molar refractivity (Wildman–Crippen MR) is 87.9 cm³/mol. The smallest absolute Gasteiger partial charge is 0.343 e. The summed E-state index contributed by atoms with van der Waals surface area (Å²) >= 11 is 1.16. The molecular weight excluding hydrogens is 334 g/mol. The SMILES string of the molecule is CNc1snc(C)c1C(=O)OCC(=O)Nc1ccc2c(c1)OCO2. The first kappa shape index (κ1) is 16.1. The van der Waals surface area contributed by atoms with Crippen molar-refractivity contribution in [2.75, 3.05) is 31.1 Å². The van der Waals surface area contributed by atoms with Crippen LogP contribution >= 0.6 is 11.5 Å². The lowest BCUT2D eigenvalue weighted by Gasteiger charge is -2.08. The fraction of sp³-hybridized carbons (Fsp3) is 0.267. The number of amides is 1. The number of ether oxygens (including phenoxy) is 3. The largest absolute Gasteiger partial charge is 0.454 e. The van der Waals surface area contributed by atoms with Crippen molar-refractivity contribution in [2.24, 2.45) is 0 Å². The summed E-state index contributed by atoms with van der Waals surface area (Å²) < 4.78 is 19.6. The number of nitrogens with zero attached hydrogens (tertiary/aromatic N) is 1. The van der Waals surface area contributed by atoms with E-state index in [1.807, 2.05) is 0 Å². The second kappa shape index (κ2) is 6.75. The zero-order valence-corrected chi connectivity index (χ0v) is 13.9. The number of aryl methyl sites for hydroxylation is 1. The van der Waals surface area contributed by atoms with Gasteiger partial charge in [0.1, 0.15) is 10.6 Å². The predicted octanol–water partition coefficient (Wildman–Crippen LogP) is 2.02. The van der Waals surface area contributed by atoms with Crippen LogP contribution in [0.2, 0.25) is 0 Å². The number of fused-ring (bicyclic) bond motifs is 1. The molecule has 126 valence electrons. The Kier molecular flexibility index (Phi) is 4.52. The summed E-state index contributed by atoms with van der Waals surface area (Å²) in [7, 11) is 1.69. The molecule has 0 aliphatic carbocycles. The van der Waals surface area contributed by atoms with E-state index in [1.54, 1.807) is 32.2 Å². The van der Waals surface area contributed by atoms with Crippen LogP contribution < -0.4 is 20.1 Å². The number of rotatable bonds is 5. The maximum absolute atomic E-state index is 12.1. The van der Waals surface area contributed by atoms with Gasteiger partial charge in [0.25, 0.3) is 5.91 Å². The van der Waals surface area contributed by atoms with Crippen molar-refractivity contribution in [3.05, 3.63) is 29.5 Å². The third-order valence-corrected chi connectivity index (χ3v) is 4.24. The molecule has 0 bridgehead atoms. The van der Waals surface area contributed by atoms with E-state index in [1.165, 1.54) is 0 Å². The van der Waals surface area contributed by atoms with Gasteiger partial charge in [-0.3, -0.25) is 4.79 Å². The molecule has 24 heavy (non-hydrogen) atoms. The van der Waals surface area contributed by atoms with Crippen LogP contribution in [-0.4, -0.2) is 36.7 Å². The summed E-state index contributed by atoms with van der Waals surface area (Å²) in [6.07, 6.45) is 0. The molecule has 0 fully saturated rings. The molecule has 0 saturated carbocycles. The first-order valence-corrected chi connectivity index (χ1v) is 7.86. The fourth-order valence-electron chi connectivity index (χ4n) is 2.16. The van der Waals surface area contributed by atoms with E-state index in [-0.39, 0.29) is 6.79 Å². The van der Waals surface area contributed by atoms with Crippen molar-refractivity contribution in [3.63, 3.8) is 0 Å². The molecule has 3 rings (SSSR count). The average Bonchev–Trinajstić information content (AvgIpc) is 3.18. The summed E-state index contributed by atoms with van der Waals surface area (Å²) in [5.41, 5.74) is 1.44. The highest BCUT2D eigenvalue weighted by Crippen LogP contribution is 2.34. The molecule has 9 heteroatoms. The molecule has 2 heterocycles. The van der Waals surface area contributed by atoms with Gasteiger partial charge in [-0.2, -0.15) is 4.37 Å². The van der Waals surface area contributed by atoms with Crippen molar-refractivity contribution in [1.29, 1.82) is 0 Å². The Bertz CT molecular complexity index is 789. The highest BCUT2D eigenvalue weighted by Gasteiger charge is 2.20. The molecule has 0 radical (unpaired) electrons. The number of aromatic nitrogens is 1. The van der Waals surface area contributed by atoms with E-state index in [0.29, 0.717) is 33.4 Å². The monoisotopic (exact) mass is 349 g/mol. The molecular formula is C15H15N3O5S. The van der Waals surface area contributed by atoms with E-state index in [4.69, 9.17) is 14.2 Å². The maximum atomic E-state index is 12.1. The number of carbonyl (C=O) groups is 2. The fourth-order valence-corrected chi connectivity index (χ4v) is 2.89. The van der Waals surface area contributed by atoms with E-state index in [0.717, 1.165) is 11.5 Å². The Balaban J connectivity index is 1.57. The Labute approximate surface area is 141 Å². The topological polar surface area (TPSA) is 98.8 Å². The molecule has 1 aliphatic rings. The van der Waals surface area contributed by atoms with Crippen molar-refractivity contribution in [1.82, 2.24) is 4.37 Å². The number of benzene rings is 1. The molecule has 0 spiro atoms. The number of carbonyl (C=O) groups excluding carboxylic acids is 2. The summed E-state index contributed by atoms with van der Waals surface area (Å²) in [6.45, 7) is 1.47. The van der Waals surface area contributed by atoms with E-state index < -0.39 is 18.5 Å². The minimum absolute atomic E-state index is 0.159. The molecule has 1 amide bonds. The number of nitrogens with one attached hydrogen (secondary N) is 2. The van der Waals surface area contributed by atoms with Crippen LogP contribution in [0.5, 0.6) is 11.5 Å². The molecule has 0 saturated heterocycles. The van der Waals surface area contributed by atoms with Crippen LogP contribution in [0, 0.1) is 6.92 Å². The van der Waals surface area contributed by atoms with Gasteiger partial charge in [0.15, 0.2) is 18.1 Å². The van der Waals surface area contributed by atoms with Crippen LogP contribution in [0.25, 0.3) is 0 Å². The van der Waals surface area contributed by atoms with E-state index in [2.05, 4.69) is 15.0 Å². The molecule has 2 aromatic rings. The van der Waals surface area contributed by atoms with E-state index >= 15 is 0 Å². The highest BCUT2D eigenvalue weighted by molar-refractivity contribution is 7.10. The Morgan fingerprint density at radius 2 is 2.12 bits per heavy atom.